The maximum Gasteiger partial charge on any atom is 0.182 e. The van der Waals surface area contributed by atoms with Gasteiger partial charge in [-0.05, 0) is 37.3 Å². The molecule has 2 aromatic rings. The minimum absolute atomic E-state index is 0.0839. The third-order valence-electron chi connectivity index (χ3n) is 3.16. The molecule has 0 N–H and O–H groups in total. The smallest absolute Gasteiger partial charge is 0.182 e. The minimum atomic E-state index is 0.0839. The highest BCUT2D eigenvalue weighted by atomic mass is 16.1. The standard InChI is InChI=1S/C17H16N2O/c1-13-4-3-5-15(10-13)17(20)12-19(2)16-8-6-14(11-18)7-9-16/h3-10H,12H2,1-2H3. The Kier molecular flexibility index (Phi) is 4.17. The van der Waals surface area contributed by atoms with Crippen LogP contribution in [0.4, 0.5) is 5.69 Å². The monoisotopic (exact) mass is 264 g/mol. The number of aryl methyl sites for hydroxylation is 1. The first-order valence-electron chi connectivity index (χ1n) is 6.41. The maximum atomic E-state index is 12.2. The van der Waals surface area contributed by atoms with Gasteiger partial charge in [0.15, 0.2) is 5.78 Å². The van der Waals surface area contributed by atoms with Crippen LogP contribution in [0.3, 0.4) is 0 Å². The first-order valence-corrected chi connectivity index (χ1v) is 6.41. The first kappa shape index (κ1) is 13.8. The van der Waals surface area contributed by atoms with Gasteiger partial charge < -0.3 is 4.90 Å². The molecule has 0 aliphatic carbocycles. The summed E-state index contributed by atoms with van der Waals surface area (Å²) in [5, 5.41) is 8.77. The second kappa shape index (κ2) is 6.03. The molecule has 3 heteroatoms. The van der Waals surface area contributed by atoms with Crippen LogP contribution in [0.15, 0.2) is 48.5 Å². The fourth-order valence-corrected chi connectivity index (χ4v) is 2.01. The van der Waals surface area contributed by atoms with E-state index in [9.17, 15) is 4.79 Å². The van der Waals surface area contributed by atoms with Gasteiger partial charge in [-0.25, -0.2) is 0 Å². The molecule has 0 unspecified atom stereocenters. The zero-order valence-corrected chi connectivity index (χ0v) is 11.6. The Bertz CT molecular complexity index is 653. The van der Waals surface area contributed by atoms with Gasteiger partial charge in [0.1, 0.15) is 0 Å². The molecule has 0 radical (unpaired) electrons. The summed E-state index contributed by atoms with van der Waals surface area (Å²) < 4.78 is 0. The van der Waals surface area contributed by atoms with Gasteiger partial charge >= 0.3 is 0 Å². The van der Waals surface area contributed by atoms with Crippen molar-refractivity contribution in [1.29, 1.82) is 5.26 Å². The summed E-state index contributed by atoms with van der Waals surface area (Å²) in [6.45, 7) is 2.29. The lowest BCUT2D eigenvalue weighted by Gasteiger charge is -2.18. The molecular weight excluding hydrogens is 248 g/mol. The Labute approximate surface area is 119 Å². The molecule has 0 aromatic heterocycles. The van der Waals surface area contributed by atoms with Gasteiger partial charge in [0.25, 0.3) is 0 Å². The van der Waals surface area contributed by atoms with E-state index in [1.165, 1.54) is 0 Å². The van der Waals surface area contributed by atoms with Crippen molar-refractivity contribution in [3.05, 3.63) is 65.2 Å². The lowest BCUT2D eigenvalue weighted by molar-refractivity contribution is 0.100. The molecule has 0 heterocycles. The number of hydrogen-bond donors (Lipinski definition) is 0. The molecular formula is C17H16N2O. The Balaban J connectivity index is 2.09. The van der Waals surface area contributed by atoms with E-state index >= 15 is 0 Å². The van der Waals surface area contributed by atoms with Gasteiger partial charge in [0.2, 0.25) is 0 Å². The Morgan fingerprint density at radius 2 is 1.90 bits per heavy atom. The van der Waals surface area contributed by atoms with E-state index in [0.29, 0.717) is 12.1 Å². The van der Waals surface area contributed by atoms with Crippen molar-refractivity contribution >= 4 is 11.5 Å². The lowest BCUT2D eigenvalue weighted by atomic mass is 10.1. The SMILES string of the molecule is Cc1cccc(C(=O)CN(C)c2ccc(C#N)cc2)c1. The average molecular weight is 264 g/mol. The fraction of sp³-hybridized carbons (Fsp3) is 0.176. The van der Waals surface area contributed by atoms with Gasteiger partial charge in [-0.15, -0.1) is 0 Å². The number of carbonyl (C=O) groups is 1. The van der Waals surface area contributed by atoms with Crippen molar-refractivity contribution in [1.82, 2.24) is 0 Å². The summed E-state index contributed by atoms with van der Waals surface area (Å²) >= 11 is 0. The predicted octanol–water partition coefficient (Wildman–Crippen LogP) is 3.19. The molecule has 0 bridgehead atoms. The number of ketones is 1. The van der Waals surface area contributed by atoms with Gasteiger partial charge in [0, 0.05) is 18.3 Å². The molecule has 3 nitrogen and oxygen atoms in total. The predicted molar refractivity (Wildman–Crippen MR) is 79.9 cm³/mol. The van der Waals surface area contributed by atoms with Crippen molar-refractivity contribution in [3.8, 4) is 6.07 Å². The molecule has 0 aliphatic heterocycles. The van der Waals surface area contributed by atoms with Crippen LogP contribution >= 0.6 is 0 Å². The number of benzene rings is 2. The van der Waals surface area contributed by atoms with E-state index in [2.05, 4.69) is 6.07 Å². The van der Waals surface area contributed by atoms with Crippen molar-refractivity contribution < 1.29 is 4.79 Å². The summed E-state index contributed by atoms with van der Waals surface area (Å²) in [7, 11) is 1.87. The van der Waals surface area contributed by atoms with Crippen molar-refractivity contribution in [2.75, 3.05) is 18.5 Å². The topological polar surface area (TPSA) is 44.1 Å². The van der Waals surface area contributed by atoms with Crippen LogP contribution in [0.5, 0.6) is 0 Å². The van der Waals surface area contributed by atoms with Crippen LogP contribution in [0.1, 0.15) is 21.5 Å². The highest BCUT2D eigenvalue weighted by Crippen LogP contribution is 2.14. The van der Waals surface area contributed by atoms with Crippen LogP contribution in [-0.4, -0.2) is 19.4 Å². The van der Waals surface area contributed by atoms with Gasteiger partial charge in [-0.1, -0.05) is 23.8 Å². The number of hydrogen-bond acceptors (Lipinski definition) is 3. The number of anilines is 1. The normalized spacial score (nSPS) is 9.85. The molecule has 2 rings (SSSR count). The summed E-state index contributed by atoms with van der Waals surface area (Å²) in [4.78, 5) is 14.1. The third-order valence-corrected chi connectivity index (χ3v) is 3.16. The summed E-state index contributed by atoms with van der Waals surface area (Å²) in [6, 6.07) is 16.9. The molecule has 100 valence electrons. The van der Waals surface area contributed by atoms with E-state index in [0.717, 1.165) is 16.8 Å². The molecule has 2 aromatic carbocycles. The zero-order valence-electron chi connectivity index (χ0n) is 11.6. The average Bonchev–Trinajstić information content (AvgIpc) is 2.47. The van der Waals surface area contributed by atoms with Crippen LogP contribution < -0.4 is 4.90 Å². The molecule has 0 spiro atoms. The molecule has 0 saturated carbocycles. The molecule has 0 aliphatic rings. The van der Waals surface area contributed by atoms with E-state index in [1.807, 2.05) is 55.3 Å². The van der Waals surface area contributed by atoms with Gasteiger partial charge in [-0.3, -0.25) is 4.79 Å². The van der Waals surface area contributed by atoms with Crippen molar-refractivity contribution in [2.24, 2.45) is 0 Å². The van der Waals surface area contributed by atoms with Crippen LogP contribution in [0, 0.1) is 18.3 Å². The Morgan fingerprint density at radius 1 is 1.20 bits per heavy atom. The highest BCUT2D eigenvalue weighted by Gasteiger charge is 2.10. The molecule has 0 amide bonds. The first-order chi connectivity index (χ1) is 9.60. The van der Waals surface area contributed by atoms with E-state index in [1.54, 1.807) is 12.1 Å². The molecule has 0 atom stereocenters. The minimum Gasteiger partial charge on any atom is -0.367 e. The number of Topliss-reactive ketones (excluding diaryl/α,β-unsaturated/α-hetero) is 1. The number of nitrogens with zero attached hydrogens (tertiary/aromatic N) is 2. The largest absolute Gasteiger partial charge is 0.367 e. The highest BCUT2D eigenvalue weighted by molar-refractivity contribution is 5.99. The van der Waals surface area contributed by atoms with Crippen molar-refractivity contribution in [2.45, 2.75) is 6.92 Å². The fourth-order valence-electron chi connectivity index (χ4n) is 2.01. The molecule has 0 saturated heterocycles. The summed E-state index contributed by atoms with van der Waals surface area (Å²) in [5.41, 5.74) is 3.35. The number of carbonyl (C=O) groups excluding carboxylic acids is 1. The summed E-state index contributed by atoms with van der Waals surface area (Å²) in [5.74, 6) is 0.0839. The van der Waals surface area contributed by atoms with Gasteiger partial charge in [0.05, 0.1) is 18.2 Å². The van der Waals surface area contributed by atoms with E-state index < -0.39 is 0 Å². The van der Waals surface area contributed by atoms with Crippen LogP contribution in [0.2, 0.25) is 0 Å². The summed E-state index contributed by atoms with van der Waals surface area (Å²) in [6.07, 6.45) is 0. The Hall–Kier alpha value is -2.60. The lowest BCUT2D eigenvalue weighted by Crippen LogP contribution is -2.25. The second-order valence-electron chi connectivity index (χ2n) is 4.81. The quantitative estimate of drug-likeness (QED) is 0.797. The second-order valence-corrected chi connectivity index (χ2v) is 4.81. The number of nitriles is 1. The number of likely N-dealkylation sites (N-methyl/N-ethyl adjacent to an activating group) is 1. The van der Waals surface area contributed by atoms with E-state index in [4.69, 9.17) is 5.26 Å². The maximum absolute atomic E-state index is 12.2. The van der Waals surface area contributed by atoms with Crippen LogP contribution in [-0.2, 0) is 0 Å². The van der Waals surface area contributed by atoms with Crippen molar-refractivity contribution in [3.63, 3.8) is 0 Å². The zero-order chi connectivity index (χ0) is 14.5. The third kappa shape index (κ3) is 3.24. The van der Waals surface area contributed by atoms with Gasteiger partial charge in [-0.2, -0.15) is 5.26 Å². The Morgan fingerprint density at radius 3 is 2.50 bits per heavy atom. The van der Waals surface area contributed by atoms with Crippen LogP contribution in [0.25, 0.3) is 0 Å². The molecule has 20 heavy (non-hydrogen) atoms. The number of rotatable bonds is 4. The molecule has 0 fully saturated rings. The van der Waals surface area contributed by atoms with E-state index in [-0.39, 0.29) is 5.78 Å².